The van der Waals surface area contributed by atoms with Crippen LogP contribution in [-0.2, 0) is 9.53 Å². The zero-order chi connectivity index (χ0) is 12.8. The van der Waals surface area contributed by atoms with Crippen molar-refractivity contribution in [3.63, 3.8) is 0 Å². The lowest BCUT2D eigenvalue weighted by Gasteiger charge is -2.13. The van der Waals surface area contributed by atoms with E-state index < -0.39 is 12.1 Å². The number of ether oxygens (including phenoxy) is 1. The van der Waals surface area contributed by atoms with Gasteiger partial charge in [0.1, 0.15) is 5.69 Å². The van der Waals surface area contributed by atoms with Crippen molar-refractivity contribution >= 4 is 23.2 Å². The van der Waals surface area contributed by atoms with E-state index in [4.69, 9.17) is 9.84 Å². The molecule has 0 saturated heterocycles. The van der Waals surface area contributed by atoms with Crippen LogP contribution in [0.2, 0.25) is 0 Å². The Morgan fingerprint density at radius 3 is 2.82 bits per heavy atom. The van der Waals surface area contributed by atoms with Gasteiger partial charge in [-0.2, -0.15) is 0 Å². The normalized spacial score (nSPS) is 12.1. The second-order valence-electron chi connectivity index (χ2n) is 3.42. The summed E-state index contributed by atoms with van der Waals surface area (Å²) in [5.41, 5.74) is 0.345. The summed E-state index contributed by atoms with van der Waals surface area (Å²) in [6.07, 6.45) is -0.677. The molecule has 1 rings (SSSR count). The van der Waals surface area contributed by atoms with Crippen molar-refractivity contribution in [3.8, 4) is 0 Å². The first-order chi connectivity index (χ1) is 8.02. The molecule has 0 aliphatic carbocycles. The van der Waals surface area contributed by atoms with E-state index in [1.807, 2.05) is 6.92 Å². The number of aromatic nitrogens is 1. The second kappa shape index (κ2) is 6.31. The van der Waals surface area contributed by atoms with Gasteiger partial charge in [-0.1, -0.05) is 0 Å². The molecule has 0 aliphatic rings. The summed E-state index contributed by atoms with van der Waals surface area (Å²) in [5.74, 6) is -1.28. The SMILES string of the molecule is COC(CNC(=O)c1csc(C)n1)CC(=O)O. The van der Waals surface area contributed by atoms with Crippen molar-refractivity contribution in [2.24, 2.45) is 0 Å². The minimum Gasteiger partial charge on any atom is -0.481 e. The Kier molecular flexibility index (Phi) is 5.05. The smallest absolute Gasteiger partial charge is 0.306 e. The largest absolute Gasteiger partial charge is 0.481 e. The van der Waals surface area contributed by atoms with Crippen molar-refractivity contribution < 1.29 is 19.4 Å². The van der Waals surface area contributed by atoms with E-state index in [1.165, 1.54) is 18.4 Å². The fourth-order valence-corrected chi connectivity index (χ4v) is 1.79. The molecule has 1 amide bonds. The molecule has 17 heavy (non-hydrogen) atoms. The fraction of sp³-hybridized carbons (Fsp3) is 0.500. The molecule has 94 valence electrons. The van der Waals surface area contributed by atoms with E-state index in [0.717, 1.165) is 5.01 Å². The monoisotopic (exact) mass is 258 g/mol. The Labute approximate surface area is 103 Å². The lowest BCUT2D eigenvalue weighted by atomic mass is 10.2. The topological polar surface area (TPSA) is 88.5 Å². The fourth-order valence-electron chi connectivity index (χ4n) is 1.20. The van der Waals surface area contributed by atoms with Crippen molar-refractivity contribution in [3.05, 3.63) is 16.1 Å². The van der Waals surface area contributed by atoms with Crippen LogP contribution < -0.4 is 5.32 Å². The lowest BCUT2D eigenvalue weighted by Crippen LogP contribution is -2.34. The predicted octanol–water partition coefficient (Wildman–Crippen LogP) is 0.671. The van der Waals surface area contributed by atoms with Crippen LogP contribution in [0.3, 0.4) is 0 Å². The second-order valence-corrected chi connectivity index (χ2v) is 4.48. The predicted molar refractivity (Wildman–Crippen MR) is 62.2 cm³/mol. The number of carbonyl (C=O) groups excluding carboxylic acids is 1. The zero-order valence-corrected chi connectivity index (χ0v) is 10.4. The quantitative estimate of drug-likeness (QED) is 0.783. The van der Waals surface area contributed by atoms with Crippen LogP contribution in [0, 0.1) is 6.92 Å². The van der Waals surface area contributed by atoms with E-state index >= 15 is 0 Å². The number of hydrogen-bond acceptors (Lipinski definition) is 5. The summed E-state index contributed by atoms with van der Waals surface area (Å²) in [4.78, 5) is 26.1. The summed E-state index contributed by atoms with van der Waals surface area (Å²) in [7, 11) is 1.41. The summed E-state index contributed by atoms with van der Waals surface area (Å²) in [6, 6.07) is 0. The number of aliphatic carboxylic acids is 1. The molecule has 0 bridgehead atoms. The molecule has 1 aromatic rings. The molecule has 1 unspecified atom stereocenters. The van der Waals surface area contributed by atoms with E-state index in [9.17, 15) is 9.59 Å². The van der Waals surface area contributed by atoms with Gasteiger partial charge in [0.25, 0.3) is 5.91 Å². The van der Waals surface area contributed by atoms with E-state index in [1.54, 1.807) is 5.38 Å². The van der Waals surface area contributed by atoms with Gasteiger partial charge in [-0.3, -0.25) is 9.59 Å². The van der Waals surface area contributed by atoms with Gasteiger partial charge in [-0.15, -0.1) is 11.3 Å². The van der Waals surface area contributed by atoms with Crippen molar-refractivity contribution in [1.29, 1.82) is 0 Å². The minimum atomic E-state index is -0.962. The Morgan fingerprint density at radius 1 is 1.65 bits per heavy atom. The molecule has 0 saturated carbocycles. The maximum absolute atomic E-state index is 11.6. The molecule has 0 aliphatic heterocycles. The van der Waals surface area contributed by atoms with Crippen LogP contribution in [-0.4, -0.2) is 41.7 Å². The third-order valence-electron chi connectivity index (χ3n) is 2.08. The molecule has 1 atom stereocenters. The third kappa shape index (κ3) is 4.49. The number of thiazole rings is 1. The zero-order valence-electron chi connectivity index (χ0n) is 9.60. The molecule has 6 nitrogen and oxygen atoms in total. The first kappa shape index (κ1) is 13.6. The minimum absolute atomic E-state index is 0.146. The number of aryl methyl sites for hydroxylation is 1. The third-order valence-corrected chi connectivity index (χ3v) is 2.85. The number of rotatable bonds is 6. The molecule has 1 heterocycles. The van der Waals surface area contributed by atoms with Gasteiger partial charge in [-0.25, -0.2) is 4.98 Å². The lowest BCUT2D eigenvalue weighted by molar-refractivity contribution is -0.139. The van der Waals surface area contributed by atoms with Gasteiger partial charge in [0.2, 0.25) is 0 Å². The number of nitrogens with one attached hydrogen (secondary N) is 1. The van der Waals surface area contributed by atoms with Gasteiger partial charge in [-0.05, 0) is 6.92 Å². The molecule has 2 N–H and O–H groups in total. The number of carbonyl (C=O) groups is 2. The van der Waals surface area contributed by atoms with Crippen LogP contribution in [0.4, 0.5) is 0 Å². The Morgan fingerprint density at radius 2 is 2.35 bits per heavy atom. The first-order valence-corrected chi connectivity index (χ1v) is 5.85. The van der Waals surface area contributed by atoms with Gasteiger partial charge in [0.15, 0.2) is 0 Å². The Balaban J connectivity index is 2.44. The summed E-state index contributed by atoms with van der Waals surface area (Å²) in [5, 5.41) is 13.6. The number of carboxylic acid groups (broad SMARTS) is 1. The standard InChI is InChI=1S/C10H14N2O4S/c1-6-12-8(5-17-6)10(15)11-4-7(16-2)3-9(13)14/h5,7H,3-4H2,1-2H3,(H,11,15)(H,13,14). The van der Waals surface area contributed by atoms with Crippen LogP contribution in [0.25, 0.3) is 0 Å². The Hall–Kier alpha value is -1.47. The van der Waals surface area contributed by atoms with Gasteiger partial charge >= 0.3 is 5.97 Å². The first-order valence-electron chi connectivity index (χ1n) is 4.98. The van der Waals surface area contributed by atoms with Gasteiger partial charge in [0.05, 0.1) is 17.5 Å². The summed E-state index contributed by atoms with van der Waals surface area (Å²) >= 11 is 1.39. The van der Waals surface area contributed by atoms with Crippen LogP contribution in [0.5, 0.6) is 0 Å². The number of nitrogens with zero attached hydrogens (tertiary/aromatic N) is 1. The van der Waals surface area contributed by atoms with Crippen molar-refractivity contribution in [2.75, 3.05) is 13.7 Å². The molecular weight excluding hydrogens is 244 g/mol. The van der Waals surface area contributed by atoms with E-state index in [0.29, 0.717) is 5.69 Å². The van der Waals surface area contributed by atoms with Crippen molar-refractivity contribution in [1.82, 2.24) is 10.3 Å². The molecule has 0 spiro atoms. The number of carboxylic acids is 1. The highest BCUT2D eigenvalue weighted by atomic mass is 32.1. The number of amides is 1. The molecule has 7 heteroatoms. The maximum Gasteiger partial charge on any atom is 0.306 e. The molecule has 0 radical (unpaired) electrons. The summed E-state index contributed by atoms with van der Waals surface area (Å²) < 4.78 is 4.94. The van der Waals surface area contributed by atoms with E-state index in [2.05, 4.69) is 10.3 Å². The average molecular weight is 258 g/mol. The van der Waals surface area contributed by atoms with Crippen LogP contribution >= 0.6 is 11.3 Å². The molecular formula is C10H14N2O4S. The van der Waals surface area contributed by atoms with Gasteiger partial charge < -0.3 is 15.2 Å². The Bertz CT molecular complexity index is 405. The highest BCUT2D eigenvalue weighted by Crippen LogP contribution is 2.07. The average Bonchev–Trinajstić information content (AvgIpc) is 2.70. The number of hydrogen-bond donors (Lipinski definition) is 2. The highest BCUT2D eigenvalue weighted by Gasteiger charge is 2.15. The van der Waals surface area contributed by atoms with Crippen molar-refractivity contribution in [2.45, 2.75) is 19.4 Å². The summed E-state index contributed by atoms with van der Waals surface area (Å²) in [6.45, 7) is 1.96. The molecule has 0 aromatic carbocycles. The molecule has 1 aromatic heterocycles. The van der Waals surface area contributed by atoms with E-state index in [-0.39, 0.29) is 18.9 Å². The highest BCUT2D eigenvalue weighted by molar-refractivity contribution is 7.09. The van der Waals surface area contributed by atoms with Crippen LogP contribution in [0.1, 0.15) is 21.9 Å². The maximum atomic E-state index is 11.6. The van der Waals surface area contributed by atoms with Gasteiger partial charge in [0, 0.05) is 19.0 Å². The number of methoxy groups -OCH3 is 1. The van der Waals surface area contributed by atoms with Crippen LogP contribution in [0.15, 0.2) is 5.38 Å². The molecule has 0 fully saturated rings.